The Balaban J connectivity index is 1.32. The molecule has 4 heteroatoms. The molecular weight excluding hydrogens is 365 g/mol. The van der Waals surface area contributed by atoms with E-state index in [-0.39, 0.29) is 5.82 Å². The number of hydrogen-bond donors (Lipinski definition) is 1. The lowest BCUT2D eigenvalue weighted by atomic mass is 9.72. The van der Waals surface area contributed by atoms with Gasteiger partial charge in [0.25, 0.3) is 0 Å². The largest absolute Gasteiger partial charge is 0.465 e. The molecule has 3 nitrogen and oxygen atoms in total. The zero-order valence-electron chi connectivity index (χ0n) is 17.3. The van der Waals surface area contributed by atoms with Crippen LogP contribution in [0.3, 0.4) is 0 Å². The number of aryl methyl sites for hydroxylation is 1. The highest BCUT2D eigenvalue weighted by Gasteiger charge is 2.30. The van der Waals surface area contributed by atoms with Gasteiger partial charge < -0.3 is 14.7 Å². The first-order chi connectivity index (χ1) is 14.1. The number of ether oxygens (including phenoxy) is 1. The summed E-state index contributed by atoms with van der Waals surface area (Å²) < 4.78 is 18.5. The number of piperidine rings is 1. The second-order valence-corrected chi connectivity index (χ2v) is 8.63. The molecule has 2 aromatic rings. The maximum atomic E-state index is 13.1. The van der Waals surface area contributed by atoms with Crippen LogP contribution in [0.5, 0.6) is 5.75 Å². The van der Waals surface area contributed by atoms with E-state index in [1.165, 1.54) is 42.4 Å². The van der Waals surface area contributed by atoms with Gasteiger partial charge in [0.15, 0.2) is 6.29 Å². The predicted molar refractivity (Wildman–Crippen MR) is 114 cm³/mol. The van der Waals surface area contributed by atoms with E-state index in [4.69, 9.17) is 4.74 Å². The van der Waals surface area contributed by atoms with Crippen LogP contribution in [0, 0.1) is 11.7 Å². The van der Waals surface area contributed by atoms with Gasteiger partial charge in [0.05, 0.1) is 0 Å². The quantitative estimate of drug-likeness (QED) is 0.703. The monoisotopic (exact) mass is 397 g/mol. The third-order valence-electron chi connectivity index (χ3n) is 6.61. The molecule has 0 saturated carbocycles. The Bertz CT molecular complexity index is 797. The van der Waals surface area contributed by atoms with Crippen molar-refractivity contribution in [2.75, 3.05) is 19.6 Å². The molecule has 1 heterocycles. The third kappa shape index (κ3) is 5.18. The van der Waals surface area contributed by atoms with Crippen LogP contribution >= 0.6 is 0 Å². The molecule has 29 heavy (non-hydrogen) atoms. The summed E-state index contributed by atoms with van der Waals surface area (Å²) in [6.07, 6.45) is 6.35. The first-order valence-corrected chi connectivity index (χ1v) is 11.0. The van der Waals surface area contributed by atoms with Gasteiger partial charge >= 0.3 is 0 Å². The standard InChI is InChI=1S/C25H32FNO2/c1-18(28)29-23-9-10-25-21(17-23)3-2-4-24(25)20-12-15-27(16-13-20)14-11-19-5-7-22(26)8-6-19/h5-10,17-18,20,24,28H,2-4,11-16H2,1H3. The molecule has 1 fully saturated rings. The molecule has 1 saturated heterocycles. The predicted octanol–water partition coefficient (Wildman–Crippen LogP) is 4.92. The number of benzene rings is 2. The van der Waals surface area contributed by atoms with Gasteiger partial charge in [-0.3, -0.25) is 0 Å². The van der Waals surface area contributed by atoms with Crippen molar-refractivity contribution in [3.05, 3.63) is 65.0 Å². The van der Waals surface area contributed by atoms with Crippen molar-refractivity contribution in [2.24, 2.45) is 5.92 Å². The summed E-state index contributed by atoms with van der Waals surface area (Å²) in [5.41, 5.74) is 4.11. The lowest BCUT2D eigenvalue weighted by molar-refractivity contribution is -0.000384. The van der Waals surface area contributed by atoms with Gasteiger partial charge in [0.1, 0.15) is 11.6 Å². The molecule has 0 aromatic heterocycles. The maximum absolute atomic E-state index is 13.1. The Kier molecular flexibility index (Phi) is 6.51. The van der Waals surface area contributed by atoms with E-state index >= 15 is 0 Å². The Morgan fingerprint density at radius 2 is 1.86 bits per heavy atom. The zero-order valence-corrected chi connectivity index (χ0v) is 17.3. The van der Waals surface area contributed by atoms with Crippen LogP contribution in [-0.4, -0.2) is 35.9 Å². The molecule has 156 valence electrons. The van der Waals surface area contributed by atoms with Crippen LogP contribution in [-0.2, 0) is 12.8 Å². The normalized spacial score (nSPS) is 21.6. The molecule has 2 aliphatic rings. The van der Waals surface area contributed by atoms with Crippen molar-refractivity contribution >= 4 is 0 Å². The minimum Gasteiger partial charge on any atom is -0.465 e. The number of rotatable bonds is 6. The van der Waals surface area contributed by atoms with Crippen molar-refractivity contribution in [3.8, 4) is 5.75 Å². The smallest absolute Gasteiger partial charge is 0.194 e. The van der Waals surface area contributed by atoms with Gasteiger partial charge in [0, 0.05) is 6.54 Å². The van der Waals surface area contributed by atoms with Crippen LogP contribution < -0.4 is 4.74 Å². The number of fused-ring (bicyclic) bond motifs is 1. The summed E-state index contributed by atoms with van der Waals surface area (Å²) in [6.45, 7) is 5.01. The van der Waals surface area contributed by atoms with Gasteiger partial charge in [-0.15, -0.1) is 0 Å². The Morgan fingerprint density at radius 3 is 2.59 bits per heavy atom. The molecule has 2 atom stereocenters. The summed E-state index contributed by atoms with van der Waals surface area (Å²) in [6, 6.07) is 13.3. The number of nitrogens with zero attached hydrogens (tertiary/aromatic N) is 1. The zero-order chi connectivity index (χ0) is 20.2. The van der Waals surface area contributed by atoms with Crippen molar-refractivity contribution in [1.29, 1.82) is 0 Å². The number of hydrogen-bond acceptors (Lipinski definition) is 3. The van der Waals surface area contributed by atoms with E-state index in [2.05, 4.69) is 17.0 Å². The summed E-state index contributed by atoms with van der Waals surface area (Å²) in [5, 5.41) is 9.48. The molecule has 0 radical (unpaired) electrons. The fourth-order valence-electron chi connectivity index (χ4n) is 5.11. The van der Waals surface area contributed by atoms with E-state index in [1.54, 1.807) is 19.1 Å². The molecule has 1 aliphatic heterocycles. The van der Waals surface area contributed by atoms with Gasteiger partial charge in [0.2, 0.25) is 0 Å². The minimum absolute atomic E-state index is 0.160. The molecule has 0 amide bonds. The van der Waals surface area contributed by atoms with E-state index in [9.17, 15) is 9.50 Å². The van der Waals surface area contributed by atoms with Crippen molar-refractivity contribution < 1.29 is 14.2 Å². The van der Waals surface area contributed by atoms with Gasteiger partial charge in [-0.2, -0.15) is 0 Å². The van der Waals surface area contributed by atoms with E-state index in [0.29, 0.717) is 5.92 Å². The Labute approximate surface area is 173 Å². The molecular formula is C25H32FNO2. The highest BCUT2D eigenvalue weighted by atomic mass is 19.1. The van der Waals surface area contributed by atoms with Crippen LogP contribution in [0.4, 0.5) is 4.39 Å². The molecule has 1 N–H and O–H groups in total. The number of aliphatic hydroxyl groups is 1. The molecule has 0 bridgehead atoms. The average Bonchev–Trinajstić information content (AvgIpc) is 2.73. The molecule has 2 aromatic carbocycles. The van der Waals surface area contributed by atoms with E-state index in [0.717, 1.165) is 44.1 Å². The van der Waals surface area contributed by atoms with E-state index in [1.807, 2.05) is 18.2 Å². The van der Waals surface area contributed by atoms with Crippen LogP contribution in [0.15, 0.2) is 42.5 Å². The lowest BCUT2D eigenvalue weighted by Crippen LogP contribution is -2.37. The van der Waals surface area contributed by atoms with Crippen molar-refractivity contribution in [2.45, 2.75) is 57.7 Å². The Morgan fingerprint density at radius 1 is 1.10 bits per heavy atom. The molecule has 0 spiro atoms. The van der Waals surface area contributed by atoms with Crippen LogP contribution in [0.2, 0.25) is 0 Å². The van der Waals surface area contributed by atoms with Crippen LogP contribution in [0.1, 0.15) is 55.2 Å². The number of likely N-dealkylation sites (tertiary alicyclic amines) is 1. The maximum Gasteiger partial charge on any atom is 0.194 e. The van der Waals surface area contributed by atoms with Gasteiger partial charge in [-0.05, 0) is 111 Å². The van der Waals surface area contributed by atoms with Gasteiger partial charge in [-0.25, -0.2) is 4.39 Å². The first kappa shape index (κ1) is 20.4. The molecule has 4 rings (SSSR count). The van der Waals surface area contributed by atoms with Gasteiger partial charge in [-0.1, -0.05) is 18.2 Å². The fraction of sp³-hybridized carbons (Fsp3) is 0.520. The SMILES string of the molecule is CC(O)Oc1ccc2c(c1)CCCC2C1CCN(CCc2ccc(F)cc2)CC1. The number of aliphatic hydroxyl groups excluding tert-OH is 1. The minimum atomic E-state index is -0.772. The molecule has 1 aliphatic carbocycles. The second kappa shape index (κ2) is 9.27. The van der Waals surface area contributed by atoms with Crippen LogP contribution in [0.25, 0.3) is 0 Å². The summed E-state index contributed by atoms with van der Waals surface area (Å²) in [7, 11) is 0. The second-order valence-electron chi connectivity index (χ2n) is 8.63. The highest BCUT2D eigenvalue weighted by Crippen LogP contribution is 2.42. The average molecular weight is 398 g/mol. The summed E-state index contributed by atoms with van der Waals surface area (Å²) in [4.78, 5) is 2.56. The fourth-order valence-corrected chi connectivity index (χ4v) is 5.11. The first-order valence-electron chi connectivity index (χ1n) is 11.0. The topological polar surface area (TPSA) is 32.7 Å². The van der Waals surface area contributed by atoms with Crippen molar-refractivity contribution in [3.63, 3.8) is 0 Å². The summed E-state index contributed by atoms with van der Waals surface area (Å²) in [5.74, 6) is 2.01. The van der Waals surface area contributed by atoms with E-state index < -0.39 is 6.29 Å². The Hall–Kier alpha value is -1.91. The number of halogens is 1. The highest BCUT2D eigenvalue weighted by molar-refractivity contribution is 5.39. The summed E-state index contributed by atoms with van der Waals surface area (Å²) >= 11 is 0. The lowest BCUT2D eigenvalue weighted by Gasteiger charge is -2.38. The molecule has 2 unspecified atom stereocenters. The third-order valence-corrected chi connectivity index (χ3v) is 6.61. The van der Waals surface area contributed by atoms with Crippen molar-refractivity contribution in [1.82, 2.24) is 4.90 Å².